The number of alkyl halides is 2. The molecule has 6 heteroatoms. The molecule has 0 fully saturated rings. The predicted octanol–water partition coefficient (Wildman–Crippen LogP) is 1.43. The Hall–Kier alpha value is -1.53. The van der Waals surface area contributed by atoms with E-state index in [4.69, 9.17) is 5.11 Å². The largest absolute Gasteiger partial charge is 0.480 e. The van der Waals surface area contributed by atoms with Crippen LogP contribution in [0.2, 0.25) is 0 Å². The summed E-state index contributed by atoms with van der Waals surface area (Å²) in [6.45, 7) is -3.04. The molecular weight excluding hydrogens is 220 g/mol. The molecular formula is C10H11F2NO3. The van der Waals surface area contributed by atoms with Gasteiger partial charge in [0, 0.05) is 6.42 Å². The van der Waals surface area contributed by atoms with Crippen molar-refractivity contribution >= 4 is 5.97 Å². The van der Waals surface area contributed by atoms with E-state index < -0.39 is 18.6 Å². The standard InChI is InChI=1S/C10H11F2NO3/c11-10(12)16-13-8(9(14)15)6-7-4-2-1-3-5-7/h1-5,8,10,13H,6H2,(H,14,15)/t8-/m0/s1. The number of aliphatic carboxylic acids is 1. The Morgan fingerprint density at radius 1 is 1.38 bits per heavy atom. The van der Waals surface area contributed by atoms with Crippen molar-refractivity contribution in [3.8, 4) is 0 Å². The molecule has 0 aliphatic carbocycles. The first-order valence-corrected chi connectivity index (χ1v) is 4.55. The maximum Gasteiger partial charge on any atom is 0.360 e. The van der Waals surface area contributed by atoms with E-state index in [-0.39, 0.29) is 6.42 Å². The van der Waals surface area contributed by atoms with Crippen LogP contribution in [0.3, 0.4) is 0 Å². The Morgan fingerprint density at radius 2 is 2.00 bits per heavy atom. The lowest BCUT2D eigenvalue weighted by Crippen LogP contribution is -2.39. The molecule has 1 rings (SSSR count). The third-order valence-corrected chi connectivity index (χ3v) is 1.88. The van der Waals surface area contributed by atoms with Crippen LogP contribution in [0.1, 0.15) is 5.56 Å². The monoisotopic (exact) mass is 231 g/mol. The van der Waals surface area contributed by atoms with Gasteiger partial charge in [0.1, 0.15) is 6.04 Å². The zero-order chi connectivity index (χ0) is 12.0. The zero-order valence-corrected chi connectivity index (χ0v) is 8.27. The third-order valence-electron chi connectivity index (χ3n) is 1.88. The number of rotatable bonds is 6. The van der Waals surface area contributed by atoms with Crippen molar-refractivity contribution in [3.05, 3.63) is 35.9 Å². The molecule has 1 atom stereocenters. The maximum absolute atomic E-state index is 11.7. The average Bonchev–Trinajstić information content (AvgIpc) is 2.25. The van der Waals surface area contributed by atoms with Crippen LogP contribution < -0.4 is 5.48 Å². The number of carboxylic acid groups (broad SMARTS) is 1. The predicted molar refractivity (Wildman–Crippen MR) is 51.8 cm³/mol. The molecule has 0 amide bonds. The Labute approximate surface area is 90.8 Å². The van der Waals surface area contributed by atoms with E-state index in [0.29, 0.717) is 0 Å². The van der Waals surface area contributed by atoms with Gasteiger partial charge in [-0.3, -0.25) is 4.79 Å². The second kappa shape index (κ2) is 6.14. The maximum atomic E-state index is 11.7. The minimum atomic E-state index is -3.04. The van der Waals surface area contributed by atoms with Gasteiger partial charge < -0.3 is 5.11 Å². The lowest BCUT2D eigenvalue weighted by molar-refractivity contribution is -0.187. The summed E-state index contributed by atoms with van der Waals surface area (Å²) in [7, 11) is 0. The lowest BCUT2D eigenvalue weighted by Gasteiger charge is -2.13. The molecule has 0 aliphatic rings. The molecule has 0 saturated carbocycles. The van der Waals surface area contributed by atoms with Crippen molar-refractivity contribution in [3.63, 3.8) is 0 Å². The van der Waals surface area contributed by atoms with E-state index >= 15 is 0 Å². The van der Waals surface area contributed by atoms with E-state index in [0.717, 1.165) is 5.56 Å². The highest BCUT2D eigenvalue weighted by Gasteiger charge is 2.19. The summed E-state index contributed by atoms with van der Waals surface area (Å²) >= 11 is 0. The fourth-order valence-electron chi connectivity index (χ4n) is 1.16. The molecule has 0 heterocycles. The molecule has 0 saturated heterocycles. The Bertz CT molecular complexity index is 332. The molecule has 2 N–H and O–H groups in total. The van der Waals surface area contributed by atoms with Gasteiger partial charge in [0.05, 0.1) is 0 Å². The molecule has 1 aromatic rings. The fraction of sp³-hybridized carbons (Fsp3) is 0.300. The molecule has 0 bridgehead atoms. The molecule has 0 aliphatic heterocycles. The molecule has 0 unspecified atom stereocenters. The van der Waals surface area contributed by atoms with Gasteiger partial charge in [-0.25, -0.2) is 4.84 Å². The van der Waals surface area contributed by atoms with Crippen LogP contribution in [0.5, 0.6) is 0 Å². The van der Waals surface area contributed by atoms with Crippen molar-refractivity contribution in [2.45, 2.75) is 19.1 Å². The van der Waals surface area contributed by atoms with Gasteiger partial charge in [0.15, 0.2) is 0 Å². The molecule has 0 radical (unpaired) electrons. The van der Waals surface area contributed by atoms with Crippen molar-refractivity contribution in [2.75, 3.05) is 0 Å². The second-order valence-corrected chi connectivity index (χ2v) is 3.08. The van der Waals surface area contributed by atoms with Crippen LogP contribution in [0.15, 0.2) is 30.3 Å². The summed E-state index contributed by atoms with van der Waals surface area (Å²) in [4.78, 5) is 14.5. The molecule has 0 spiro atoms. The second-order valence-electron chi connectivity index (χ2n) is 3.08. The van der Waals surface area contributed by atoms with Crippen LogP contribution in [-0.4, -0.2) is 23.7 Å². The van der Waals surface area contributed by atoms with Crippen LogP contribution >= 0.6 is 0 Å². The highest BCUT2D eigenvalue weighted by Crippen LogP contribution is 2.04. The van der Waals surface area contributed by atoms with Gasteiger partial charge >= 0.3 is 12.6 Å². The Morgan fingerprint density at radius 3 is 2.50 bits per heavy atom. The van der Waals surface area contributed by atoms with Gasteiger partial charge in [-0.15, -0.1) is 0 Å². The highest BCUT2D eigenvalue weighted by atomic mass is 19.3. The van der Waals surface area contributed by atoms with Gasteiger partial charge in [-0.1, -0.05) is 30.3 Å². The molecule has 0 aromatic heterocycles. The van der Waals surface area contributed by atoms with E-state index in [1.165, 1.54) is 0 Å². The van der Waals surface area contributed by atoms with Gasteiger partial charge in [0.25, 0.3) is 0 Å². The summed E-state index contributed by atoms with van der Waals surface area (Å²) in [5, 5.41) is 8.76. The minimum Gasteiger partial charge on any atom is -0.480 e. The quantitative estimate of drug-likeness (QED) is 0.727. The molecule has 1 aromatic carbocycles. The first kappa shape index (κ1) is 12.5. The van der Waals surface area contributed by atoms with Crippen LogP contribution in [0.25, 0.3) is 0 Å². The number of hydroxylamine groups is 1. The summed E-state index contributed by atoms with van der Waals surface area (Å²) in [6.07, 6.45) is 0.0723. The number of halogens is 2. The smallest absolute Gasteiger partial charge is 0.360 e. The number of hydrogen-bond donors (Lipinski definition) is 2. The van der Waals surface area contributed by atoms with E-state index in [1.807, 2.05) is 5.48 Å². The molecule has 16 heavy (non-hydrogen) atoms. The Kier molecular flexibility index (Phi) is 4.81. The zero-order valence-electron chi connectivity index (χ0n) is 8.27. The van der Waals surface area contributed by atoms with Crippen molar-refractivity contribution in [2.24, 2.45) is 0 Å². The topological polar surface area (TPSA) is 58.6 Å². The van der Waals surface area contributed by atoms with E-state index in [9.17, 15) is 13.6 Å². The van der Waals surface area contributed by atoms with Crippen molar-refractivity contribution < 1.29 is 23.5 Å². The van der Waals surface area contributed by atoms with Gasteiger partial charge in [-0.2, -0.15) is 14.3 Å². The SMILES string of the molecule is O=C(O)[C@H](Cc1ccccc1)NOC(F)F. The highest BCUT2D eigenvalue weighted by molar-refractivity contribution is 5.73. The van der Waals surface area contributed by atoms with Gasteiger partial charge in [-0.05, 0) is 5.56 Å². The fourth-order valence-corrected chi connectivity index (χ4v) is 1.16. The normalized spacial score (nSPS) is 12.7. The number of carbonyl (C=O) groups is 1. The summed E-state index contributed by atoms with van der Waals surface area (Å²) in [6, 6.07) is 7.48. The van der Waals surface area contributed by atoms with E-state index in [2.05, 4.69) is 4.84 Å². The molecule has 88 valence electrons. The van der Waals surface area contributed by atoms with Crippen molar-refractivity contribution in [1.29, 1.82) is 0 Å². The molecule has 4 nitrogen and oxygen atoms in total. The number of nitrogens with one attached hydrogen (secondary N) is 1. The van der Waals surface area contributed by atoms with Crippen LogP contribution in [0, 0.1) is 0 Å². The summed E-state index contributed by atoms with van der Waals surface area (Å²) < 4.78 is 23.4. The Balaban J connectivity index is 2.55. The summed E-state index contributed by atoms with van der Waals surface area (Å²) in [5.74, 6) is -1.25. The van der Waals surface area contributed by atoms with Crippen molar-refractivity contribution in [1.82, 2.24) is 5.48 Å². The van der Waals surface area contributed by atoms with E-state index in [1.54, 1.807) is 30.3 Å². The first-order chi connectivity index (χ1) is 7.59. The van der Waals surface area contributed by atoms with Gasteiger partial charge in [0.2, 0.25) is 0 Å². The number of carboxylic acids is 1. The minimum absolute atomic E-state index is 0.0723. The van der Waals surface area contributed by atoms with Crippen LogP contribution in [0.4, 0.5) is 8.78 Å². The lowest BCUT2D eigenvalue weighted by atomic mass is 10.1. The van der Waals surface area contributed by atoms with Crippen LogP contribution in [-0.2, 0) is 16.1 Å². The summed E-state index contributed by atoms with van der Waals surface area (Å²) in [5.41, 5.74) is 2.54. The number of hydrogen-bond acceptors (Lipinski definition) is 3. The third kappa shape index (κ3) is 4.33. The first-order valence-electron chi connectivity index (χ1n) is 4.55. The average molecular weight is 231 g/mol. The number of benzene rings is 1.